The number of nitrogens with zero attached hydrogens (tertiary/aromatic N) is 2. The second-order valence-corrected chi connectivity index (χ2v) is 14.3. The number of piperidine rings is 1. The van der Waals surface area contributed by atoms with Crippen LogP contribution >= 0.6 is 18.9 Å². The molecule has 0 aromatic heterocycles. The maximum atomic E-state index is 15.2. The van der Waals surface area contributed by atoms with Crippen LogP contribution in [0, 0.1) is 5.41 Å². The molecule has 8 nitrogen and oxygen atoms in total. The molecule has 1 amide bonds. The predicted molar refractivity (Wildman–Crippen MR) is 159 cm³/mol. The Balaban J connectivity index is 1.69. The number of benzene rings is 3. The van der Waals surface area contributed by atoms with E-state index in [0.29, 0.717) is 28.4 Å². The number of likely N-dealkylation sites (tertiary alicyclic amines) is 1. The molecule has 2 fully saturated rings. The topological polar surface area (TPSA) is 110 Å². The lowest BCUT2D eigenvalue weighted by molar-refractivity contribution is -0.145. The summed E-state index contributed by atoms with van der Waals surface area (Å²) >= 11 is 6.50. The Kier molecular flexibility index (Phi) is 7.05. The average molecular weight is 592 g/mol. The molecule has 3 aromatic rings. The van der Waals surface area contributed by atoms with E-state index in [1.54, 1.807) is 24.3 Å². The molecule has 41 heavy (non-hydrogen) atoms. The molecule has 0 radical (unpaired) electrons. The third-order valence-corrected chi connectivity index (χ3v) is 11.4. The molecular weight excluding hydrogens is 561 g/mol. The van der Waals surface area contributed by atoms with Crippen molar-refractivity contribution >= 4 is 42.3 Å². The molecule has 2 saturated heterocycles. The van der Waals surface area contributed by atoms with Crippen LogP contribution in [-0.2, 0) is 19.7 Å². The number of amides is 1. The lowest BCUT2D eigenvalue weighted by atomic mass is 9.56. The number of aliphatic hydroxyl groups is 2. The Hall–Kier alpha value is -3.10. The normalized spacial score (nSPS) is 27.6. The van der Waals surface area contributed by atoms with Crippen LogP contribution < -0.4 is 5.32 Å². The molecule has 3 aromatic carbocycles. The van der Waals surface area contributed by atoms with Gasteiger partial charge < -0.3 is 20.1 Å². The average Bonchev–Trinajstić information content (AvgIpc) is 3.43. The number of anilines is 1. The molecule has 0 saturated carbocycles. The van der Waals surface area contributed by atoms with E-state index in [1.165, 1.54) is 4.67 Å². The highest BCUT2D eigenvalue weighted by atomic mass is 35.5. The van der Waals surface area contributed by atoms with E-state index in [1.807, 2.05) is 72.6 Å². The van der Waals surface area contributed by atoms with Crippen molar-refractivity contribution in [2.75, 3.05) is 44.7 Å². The van der Waals surface area contributed by atoms with Gasteiger partial charge in [-0.1, -0.05) is 72.3 Å². The van der Waals surface area contributed by atoms with Crippen molar-refractivity contribution < 1.29 is 24.4 Å². The maximum absolute atomic E-state index is 15.2. The van der Waals surface area contributed by atoms with Gasteiger partial charge in [0.25, 0.3) is 5.91 Å². The number of halogens is 1. The van der Waals surface area contributed by atoms with Crippen LogP contribution in [0.25, 0.3) is 6.08 Å². The summed E-state index contributed by atoms with van der Waals surface area (Å²) in [5.74, 6) is -1.10. The summed E-state index contributed by atoms with van der Waals surface area (Å²) in [7, 11) is -1.91. The molecule has 0 aliphatic carbocycles. The Morgan fingerprint density at radius 1 is 1.02 bits per heavy atom. The first-order valence-electron chi connectivity index (χ1n) is 13.4. The molecule has 10 heteroatoms. The van der Waals surface area contributed by atoms with Gasteiger partial charge in [-0.2, -0.15) is 0 Å². The predicted octanol–water partition coefficient (Wildman–Crippen LogP) is 4.35. The minimum absolute atomic E-state index is 0.0425. The Labute approximate surface area is 243 Å². The van der Waals surface area contributed by atoms with Gasteiger partial charge >= 0.3 is 0 Å². The highest BCUT2D eigenvalue weighted by Crippen LogP contribution is 2.66. The molecule has 0 unspecified atom stereocenters. The number of rotatable bonds is 5. The number of Topliss-reactive ketones (excluding diaryl/α,β-unsaturated/α-hetero) is 1. The van der Waals surface area contributed by atoms with Gasteiger partial charge in [0.15, 0.2) is 13.1 Å². The first-order valence-corrected chi connectivity index (χ1v) is 15.9. The number of aliphatic hydroxyl groups excluding tert-OH is 2. The number of carbonyl (C=O) groups excluding carboxylic acids is 2. The van der Waals surface area contributed by atoms with Crippen molar-refractivity contribution in [3.63, 3.8) is 0 Å². The lowest BCUT2D eigenvalue weighted by Crippen LogP contribution is -2.65. The van der Waals surface area contributed by atoms with Gasteiger partial charge in [-0.3, -0.25) is 14.5 Å². The van der Waals surface area contributed by atoms with Crippen LogP contribution in [0.1, 0.15) is 22.6 Å². The molecule has 3 atom stereocenters. The molecule has 3 aliphatic rings. The Morgan fingerprint density at radius 2 is 1.68 bits per heavy atom. The van der Waals surface area contributed by atoms with Gasteiger partial charge in [0.1, 0.15) is 18.2 Å². The summed E-state index contributed by atoms with van der Waals surface area (Å²) in [6, 6.07) is 24.0. The van der Waals surface area contributed by atoms with Crippen LogP contribution in [0.3, 0.4) is 0 Å². The van der Waals surface area contributed by atoms with Crippen LogP contribution in [0.15, 0.2) is 84.4 Å². The van der Waals surface area contributed by atoms with E-state index in [4.69, 9.17) is 11.6 Å². The minimum Gasteiger partial charge on any atom is -0.387 e. The Morgan fingerprint density at radius 3 is 2.34 bits per heavy atom. The van der Waals surface area contributed by atoms with Crippen molar-refractivity contribution in [1.82, 2.24) is 9.57 Å². The largest absolute Gasteiger partial charge is 0.387 e. The van der Waals surface area contributed by atoms with Gasteiger partial charge in [-0.05, 0) is 42.4 Å². The number of fused-ring (bicyclic) bond motifs is 3. The second kappa shape index (κ2) is 10.3. The zero-order valence-electron chi connectivity index (χ0n) is 22.5. The minimum atomic E-state index is -3.74. The molecule has 2 spiro atoms. The molecule has 3 aliphatic heterocycles. The third kappa shape index (κ3) is 4.01. The fraction of sp³-hybridized carbons (Fsp3) is 0.290. The van der Waals surface area contributed by atoms with Crippen molar-refractivity contribution in [3.05, 3.63) is 106 Å². The summed E-state index contributed by atoms with van der Waals surface area (Å²) in [6.07, 6.45) is 0.231. The number of likely N-dealkylation sites (N-methyl/N-ethyl adjacent to an activating group) is 1. The van der Waals surface area contributed by atoms with E-state index < -0.39 is 36.9 Å². The van der Waals surface area contributed by atoms with Gasteiger partial charge in [0.05, 0.1) is 5.41 Å². The van der Waals surface area contributed by atoms with Crippen molar-refractivity contribution in [3.8, 4) is 0 Å². The Bertz CT molecular complexity index is 1590. The number of carbonyl (C=O) groups is 2. The van der Waals surface area contributed by atoms with Crippen molar-refractivity contribution in [1.29, 1.82) is 0 Å². The van der Waals surface area contributed by atoms with Crippen LogP contribution in [-0.4, -0.2) is 70.9 Å². The van der Waals surface area contributed by atoms with E-state index in [2.05, 4.69) is 5.32 Å². The van der Waals surface area contributed by atoms with Gasteiger partial charge in [0, 0.05) is 47.4 Å². The molecular formula is C31H31ClN3O5P. The third-order valence-electron chi connectivity index (χ3n) is 9.00. The standard InChI is InChI=1S/C31H31ClN3O5P/c1-34-17-26(22-10-6-3-7-11-22)30(31(34)25-15-24(32)12-13-27(25)33-29(31)39)18-35(41(40,19-36)20-37)16-23(28(30)38)14-21-8-4-2-5-9-21/h2-15,26,36-37H,16-20H2,1H3,(H,33,39)/b23-14+/t26-,30+,31+/m0/s1. The molecule has 3 N–H and O–H groups in total. The highest BCUT2D eigenvalue weighted by Gasteiger charge is 2.75. The number of hydrogen-bond donors (Lipinski definition) is 3. The zero-order valence-corrected chi connectivity index (χ0v) is 24.2. The van der Waals surface area contributed by atoms with Crippen LogP contribution in [0.4, 0.5) is 5.69 Å². The smallest absolute Gasteiger partial charge is 0.250 e. The van der Waals surface area contributed by atoms with Gasteiger partial charge in [-0.25, -0.2) is 4.67 Å². The van der Waals surface area contributed by atoms with Crippen molar-refractivity contribution in [2.24, 2.45) is 5.41 Å². The molecule has 3 heterocycles. The summed E-state index contributed by atoms with van der Waals surface area (Å²) in [5.41, 5.74) is 0.127. The number of hydrogen-bond acceptors (Lipinski definition) is 6. The highest BCUT2D eigenvalue weighted by molar-refractivity contribution is 7.61. The SMILES string of the molecule is CN1C[C@@H](c2ccccc2)[C@@]2(CN(P(=O)(CO)CO)C/C(=C\c3ccccc3)C2=O)[C@@]12C(=O)Nc1ccc(Cl)cc12. The zero-order chi connectivity index (χ0) is 29.0. The summed E-state index contributed by atoms with van der Waals surface area (Å²) in [5, 5.41) is 24.0. The fourth-order valence-corrected chi connectivity index (χ4v) is 8.69. The maximum Gasteiger partial charge on any atom is 0.250 e. The van der Waals surface area contributed by atoms with Gasteiger partial charge in [-0.15, -0.1) is 0 Å². The van der Waals surface area contributed by atoms with E-state index in [-0.39, 0.29) is 24.8 Å². The monoisotopic (exact) mass is 591 g/mol. The molecule has 6 rings (SSSR count). The summed E-state index contributed by atoms with van der Waals surface area (Å²) in [4.78, 5) is 31.5. The van der Waals surface area contributed by atoms with E-state index in [0.717, 1.165) is 11.1 Å². The first kappa shape index (κ1) is 28.0. The molecule has 0 bridgehead atoms. The quantitative estimate of drug-likeness (QED) is 0.299. The summed E-state index contributed by atoms with van der Waals surface area (Å²) < 4.78 is 15.5. The number of nitrogens with one attached hydrogen (secondary N) is 1. The van der Waals surface area contributed by atoms with Crippen LogP contribution in [0.5, 0.6) is 0 Å². The fourth-order valence-electron chi connectivity index (χ4n) is 7.18. The second-order valence-electron chi connectivity index (χ2n) is 11.0. The van der Waals surface area contributed by atoms with E-state index in [9.17, 15) is 19.6 Å². The lowest BCUT2D eigenvalue weighted by Gasteiger charge is -2.52. The van der Waals surface area contributed by atoms with Gasteiger partial charge in [0.2, 0.25) is 0 Å². The molecule has 212 valence electrons. The number of ketones is 1. The van der Waals surface area contributed by atoms with Crippen LogP contribution in [0.2, 0.25) is 5.02 Å². The van der Waals surface area contributed by atoms with E-state index >= 15 is 4.79 Å². The summed E-state index contributed by atoms with van der Waals surface area (Å²) in [6.45, 7) is 0.197. The first-order chi connectivity index (χ1) is 19.7. The van der Waals surface area contributed by atoms with Crippen molar-refractivity contribution in [2.45, 2.75) is 11.5 Å².